The van der Waals surface area contributed by atoms with Crippen LogP contribution in [-0.4, -0.2) is 38.4 Å². The van der Waals surface area contributed by atoms with Gasteiger partial charge in [0.1, 0.15) is 6.04 Å². The minimum atomic E-state index is -3.72. The highest BCUT2D eigenvalue weighted by Crippen LogP contribution is 2.18. The molecule has 1 heterocycles. The van der Waals surface area contributed by atoms with Crippen molar-refractivity contribution in [3.8, 4) is 0 Å². The summed E-state index contributed by atoms with van der Waals surface area (Å²) < 4.78 is 28.1. The molecule has 1 N–H and O–H groups in total. The van der Waals surface area contributed by atoms with Crippen LogP contribution < -0.4 is 4.72 Å². The van der Waals surface area contributed by atoms with Gasteiger partial charge in [-0.3, -0.25) is 4.79 Å². The van der Waals surface area contributed by atoms with Crippen LogP contribution in [0.5, 0.6) is 0 Å². The highest BCUT2D eigenvalue weighted by molar-refractivity contribution is 7.89. The van der Waals surface area contributed by atoms with Gasteiger partial charge in [0.15, 0.2) is 0 Å². The summed E-state index contributed by atoms with van der Waals surface area (Å²) in [5.41, 5.74) is 1.96. The van der Waals surface area contributed by atoms with Crippen molar-refractivity contribution in [2.75, 3.05) is 13.1 Å². The zero-order valence-electron chi connectivity index (χ0n) is 15.0. The molecule has 2 rings (SSSR count). The molecule has 0 unspecified atom stereocenters. The maximum absolute atomic E-state index is 12.8. The minimum Gasteiger partial charge on any atom is -0.341 e. The van der Waals surface area contributed by atoms with Gasteiger partial charge >= 0.3 is 0 Å². The van der Waals surface area contributed by atoms with Crippen molar-refractivity contribution in [3.63, 3.8) is 0 Å². The molecular weight excluding hydrogens is 324 g/mol. The fraction of sp³-hybridized carbons (Fsp3) is 0.611. The van der Waals surface area contributed by atoms with E-state index in [-0.39, 0.29) is 16.7 Å². The Bertz CT molecular complexity index is 692. The predicted molar refractivity (Wildman–Crippen MR) is 95.3 cm³/mol. The summed E-state index contributed by atoms with van der Waals surface area (Å²) in [6.45, 7) is 8.99. The molecule has 1 saturated heterocycles. The van der Waals surface area contributed by atoms with Crippen molar-refractivity contribution in [3.05, 3.63) is 29.3 Å². The van der Waals surface area contributed by atoms with E-state index in [1.54, 1.807) is 23.1 Å². The second kappa shape index (κ2) is 7.66. The van der Waals surface area contributed by atoms with Gasteiger partial charge < -0.3 is 4.90 Å². The van der Waals surface area contributed by atoms with Crippen LogP contribution in [0, 0.1) is 19.8 Å². The van der Waals surface area contributed by atoms with E-state index < -0.39 is 16.1 Å². The zero-order chi connectivity index (χ0) is 17.9. The Kier molecular flexibility index (Phi) is 6.04. The summed E-state index contributed by atoms with van der Waals surface area (Å²) in [5, 5.41) is 0. The fourth-order valence-corrected chi connectivity index (χ4v) is 4.32. The Morgan fingerprint density at radius 1 is 1.08 bits per heavy atom. The summed E-state index contributed by atoms with van der Waals surface area (Å²) in [5.74, 6) is -0.224. The molecule has 1 aromatic carbocycles. The first-order chi connectivity index (χ1) is 11.2. The average molecular weight is 353 g/mol. The van der Waals surface area contributed by atoms with Crippen molar-refractivity contribution in [1.29, 1.82) is 0 Å². The fourth-order valence-electron chi connectivity index (χ4n) is 2.90. The normalized spacial score (nSPS) is 17.1. The molecule has 0 aliphatic carbocycles. The number of rotatable bonds is 5. The SMILES string of the molecule is Cc1ccc(S(=O)(=O)N[C@@H](C(=O)N2CCCCC2)C(C)C)cc1C. The monoisotopic (exact) mass is 352 g/mol. The van der Waals surface area contributed by atoms with Crippen LogP contribution in [0.15, 0.2) is 23.1 Å². The van der Waals surface area contributed by atoms with Crippen molar-refractivity contribution >= 4 is 15.9 Å². The average Bonchev–Trinajstić information content (AvgIpc) is 2.55. The van der Waals surface area contributed by atoms with Crippen LogP contribution in [0.2, 0.25) is 0 Å². The van der Waals surface area contributed by atoms with Crippen molar-refractivity contribution in [1.82, 2.24) is 9.62 Å². The Hall–Kier alpha value is -1.40. The maximum atomic E-state index is 12.8. The smallest absolute Gasteiger partial charge is 0.241 e. The Labute approximate surface area is 145 Å². The van der Waals surface area contributed by atoms with E-state index in [1.165, 1.54) is 0 Å². The highest BCUT2D eigenvalue weighted by Gasteiger charge is 2.32. The first kappa shape index (κ1) is 18.9. The zero-order valence-corrected chi connectivity index (χ0v) is 15.8. The lowest BCUT2D eigenvalue weighted by Gasteiger charge is -2.32. The summed E-state index contributed by atoms with van der Waals surface area (Å²) in [4.78, 5) is 14.8. The third kappa shape index (κ3) is 4.36. The quantitative estimate of drug-likeness (QED) is 0.886. The molecular formula is C18H28N2O3S. The number of piperidine rings is 1. The van der Waals surface area contributed by atoms with E-state index in [1.807, 2.05) is 27.7 Å². The summed E-state index contributed by atoms with van der Waals surface area (Å²) in [6.07, 6.45) is 3.10. The number of hydrogen-bond acceptors (Lipinski definition) is 3. The number of carbonyl (C=O) groups excluding carboxylic acids is 1. The molecule has 5 nitrogen and oxygen atoms in total. The summed E-state index contributed by atoms with van der Waals surface area (Å²) in [6, 6.07) is 4.31. The van der Waals surface area contributed by atoms with Gasteiger partial charge in [-0.1, -0.05) is 19.9 Å². The van der Waals surface area contributed by atoms with Crippen LogP contribution in [0.1, 0.15) is 44.2 Å². The lowest BCUT2D eigenvalue weighted by atomic mass is 10.0. The van der Waals surface area contributed by atoms with Gasteiger partial charge in [-0.15, -0.1) is 0 Å². The molecule has 6 heteroatoms. The molecule has 134 valence electrons. The minimum absolute atomic E-state index is 0.110. The molecule has 1 amide bonds. The standard InChI is InChI=1S/C18H28N2O3S/c1-13(2)17(18(21)20-10-6-5-7-11-20)19-24(22,23)16-9-8-14(3)15(4)12-16/h8-9,12-13,17,19H,5-7,10-11H2,1-4H3/t17-/m1/s1. The van der Waals surface area contributed by atoms with E-state index >= 15 is 0 Å². The van der Waals surface area contributed by atoms with Gasteiger partial charge in [0, 0.05) is 13.1 Å². The van der Waals surface area contributed by atoms with Gasteiger partial charge in [0.2, 0.25) is 15.9 Å². The van der Waals surface area contributed by atoms with Gasteiger partial charge in [-0.2, -0.15) is 4.72 Å². The number of sulfonamides is 1. The van der Waals surface area contributed by atoms with Crippen LogP contribution in [0.4, 0.5) is 0 Å². The van der Waals surface area contributed by atoms with Gasteiger partial charge in [-0.05, 0) is 62.3 Å². The molecule has 1 aliphatic rings. The van der Waals surface area contributed by atoms with Gasteiger partial charge in [-0.25, -0.2) is 8.42 Å². The van der Waals surface area contributed by atoms with Crippen molar-refractivity contribution < 1.29 is 13.2 Å². The number of nitrogens with one attached hydrogen (secondary N) is 1. The molecule has 0 bridgehead atoms. The van der Waals surface area contributed by atoms with Crippen LogP contribution >= 0.6 is 0 Å². The molecule has 0 spiro atoms. The Morgan fingerprint density at radius 2 is 1.71 bits per heavy atom. The van der Waals surface area contributed by atoms with Crippen LogP contribution in [0.25, 0.3) is 0 Å². The number of benzene rings is 1. The molecule has 1 aliphatic heterocycles. The van der Waals surface area contributed by atoms with Crippen LogP contribution in [-0.2, 0) is 14.8 Å². The molecule has 0 saturated carbocycles. The second-order valence-corrected chi connectivity index (χ2v) is 8.69. The third-order valence-corrected chi connectivity index (χ3v) is 6.11. The van der Waals surface area contributed by atoms with E-state index in [0.717, 1.165) is 30.4 Å². The topological polar surface area (TPSA) is 66.5 Å². The first-order valence-corrected chi connectivity index (χ1v) is 10.1. The predicted octanol–water partition coefficient (Wildman–Crippen LogP) is 2.62. The number of likely N-dealkylation sites (tertiary alicyclic amines) is 1. The number of hydrogen-bond donors (Lipinski definition) is 1. The van der Waals surface area contributed by atoms with Gasteiger partial charge in [0.05, 0.1) is 4.90 Å². The van der Waals surface area contributed by atoms with E-state index in [9.17, 15) is 13.2 Å². The Morgan fingerprint density at radius 3 is 2.25 bits per heavy atom. The Balaban J connectivity index is 2.22. The highest BCUT2D eigenvalue weighted by atomic mass is 32.2. The van der Waals surface area contributed by atoms with Crippen molar-refractivity contribution in [2.24, 2.45) is 5.92 Å². The third-order valence-electron chi connectivity index (χ3n) is 4.67. The number of amides is 1. The van der Waals surface area contributed by atoms with Gasteiger partial charge in [0.25, 0.3) is 0 Å². The molecule has 24 heavy (non-hydrogen) atoms. The summed E-state index contributed by atoms with van der Waals surface area (Å²) >= 11 is 0. The molecule has 1 aromatic rings. The van der Waals surface area contributed by atoms with E-state index in [0.29, 0.717) is 13.1 Å². The maximum Gasteiger partial charge on any atom is 0.241 e. The number of nitrogens with zero attached hydrogens (tertiary/aromatic N) is 1. The van der Waals surface area contributed by atoms with Crippen molar-refractivity contribution in [2.45, 2.75) is 57.9 Å². The largest absolute Gasteiger partial charge is 0.341 e. The number of aryl methyl sites for hydroxylation is 2. The second-order valence-electron chi connectivity index (χ2n) is 6.97. The molecule has 1 fully saturated rings. The van der Waals surface area contributed by atoms with E-state index in [4.69, 9.17) is 0 Å². The lowest BCUT2D eigenvalue weighted by Crippen LogP contribution is -2.52. The summed E-state index contributed by atoms with van der Waals surface area (Å²) in [7, 11) is -3.72. The first-order valence-electron chi connectivity index (χ1n) is 8.61. The van der Waals surface area contributed by atoms with Crippen LogP contribution in [0.3, 0.4) is 0 Å². The van der Waals surface area contributed by atoms with E-state index in [2.05, 4.69) is 4.72 Å². The molecule has 0 aromatic heterocycles. The number of carbonyl (C=O) groups is 1. The lowest BCUT2D eigenvalue weighted by molar-refractivity contribution is -0.134. The molecule has 1 atom stereocenters. The molecule has 0 radical (unpaired) electrons.